The molecule has 0 aromatic heterocycles. The molecular formula is C26H27BrN2O3. The molecule has 3 aromatic carbocycles. The van der Waals surface area contributed by atoms with Gasteiger partial charge in [-0.3, -0.25) is 4.79 Å². The number of benzene rings is 3. The van der Waals surface area contributed by atoms with Crippen LogP contribution in [0.15, 0.2) is 76.3 Å². The maximum atomic E-state index is 12.1. The molecule has 0 spiro atoms. The van der Waals surface area contributed by atoms with Crippen molar-refractivity contribution in [3.8, 4) is 11.5 Å². The molecule has 0 saturated carbocycles. The minimum atomic E-state index is -0.322. The Bertz CT molecular complexity index is 1060. The summed E-state index contributed by atoms with van der Waals surface area (Å²) in [6.07, 6.45) is 1.58. The molecular weight excluding hydrogens is 468 g/mol. The molecule has 0 aliphatic carbocycles. The Balaban J connectivity index is 1.45. The Labute approximate surface area is 197 Å². The highest BCUT2D eigenvalue weighted by atomic mass is 79.9. The largest absolute Gasteiger partial charge is 0.489 e. The van der Waals surface area contributed by atoms with Crippen molar-refractivity contribution in [2.24, 2.45) is 5.10 Å². The second kappa shape index (κ2) is 11.5. The normalized spacial score (nSPS) is 11.0. The van der Waals surface area contributed by atoms with Crippen molar-refractivity contribution in [2.75, 3.05) is 6.61 Å². The lowest BCUT2D eigenvalue weighted by atomic mass is 10.0. The average Bonchev–Trinajstić information content (AvgIpc) is 2.78. The van der Waals surface area contributed by atoms with Gasteiger partial charge < -0.3 is 9.47 Å². The Morgan fingerprint density at radius 3 is 2.44 bits per heavy atom. The van der Waals surface area contributed by atoms with Crippen molar-refractivity contribution < 1.29 is 14.3 Å². The fourth-order valence-electron chi connectivity index (χ4n) is 2.96. The lowest BCUT2D eigenvalue weighted by Crippen LogP contribution is -2.24. The van der Waals surface area contributed by atoms with Crippen LogP contribution in [0.1, 0.15) is 42.0 Å². The molecule has 5 nitrogen and oxygen atoms in total. The molecule has 0 fully saturated rings. The summed E-state index contributed by atoms with van der Waals surface area (Å²) in [4.78, 5) is 12.1. The van der Waals surface area contributed by atoms with Crippen LogP contribution in [-0.4, -0.2) is 18.7 Å². The number of ether oxygens (including phenoxy) is 2. The predicted molar refractivity (Wildman–Crippen MR) is 131 cm³/mol. The molecule has 0 aliphatic heterocycles. The van der Waals surface area contributed by atoms with E-state index < -0.39 is 0 Å². The number of carbonyl (C=O) groups excluding carboxylic acids is 1. The van der Waals surface area contributed by atoms with Gasteiger partial charge in [-0.1, -0.05) is 59.6 Å². The number of hydrogen-bond acceptors (Lipinski definition) is 4. The average molecular weight is 495 g/mol. The van der Waals surface area contributed by atoms with Crippen molar-refractivity contribution in [1.29, 1.82) is 0 Å². The first-order chi connectivity index (χ1) is 15.4. The van der Waals surface area contributed by atoms with Gasteiger partial charge in [-0.25, -0.2) is 5.43 Å². The molecule has 0 radical (unpaired) electrons. The summed E-state index contributed by atoms with van der Waals surface area (Å²) >= 11 is 3.47. The number of halogens is 1. The quantitative estimate of drug-likeness (QED) is 0.293. The molecule has 0 aliphatic rings. The van der Waals surface area contributed by atoms with Crippen molar-refractivity contribution in [3.05, 3.63) is 93.5 Å². The predicted octanol–water partition coefficient (Wildman–Crippen LogP) is 5.99. The van der Waals surface area contributed by atoms with Gasteiger partial charge in [-0.05, 0) is 72.0 Å². The van der Waals surface area contributed by atoms with Crippen LogP contribution >= 0.6 is 15.9 Å². The summed E-state index contributed by atoms with van der Waals surface area (Å²) in [7, 11) is 0. The van der Waals surface area contributed by atoms with Crippen molar-refractivity contribution in [2.45, 2.75) is 33.3 Å². The minimum Gasteiger partial charge on any atom is -0.489 e. The summed E-state index contributed by atoms with van der Waals surface area (Å²) in [5, 5.41) is 4.00. The van der Waals surface area contributed by atoms with Crippen LogP contribution in [0.4, 0.5) is 0 Å². The number of aryl methyl sites for hydroxylation is 1. The van der Waals surface area contributed by atoms with Crippen LogP contribution in [0.5, 0.6) is 11.5 Å². The number of carbonyl (C=O) groups is 1. The van der Waals surface area contributed by atoms with Crippen LogP contribution in [0.3, 0.4) is 0 Å². The van der Waals surface area contributed by atoms with Crippen LogP contribution in [0.2, 0.25) is 0 Å². The molecule has 0 heterocycles. The standard InChI is InChI=1S/C26H27BrN2O3/c1-18(2)24-14-22(27)10-13-25(24)32-17-26(30)29-28-15-20-8-11-23(12-9-20)31-16-21-6-4-19(3)5-7-21/h4-15,18H,16-17H2,1-3H3,(H,29,30)/b28-15+. The van der Waals surface area contributed by atoms with Gasteiger partial charge in [-0.2, -0.15) is 5.10 Å². The van der Waals surface area contributed by atoms with E-state index in [-0.39, 0.29) is 18.4 Å². The van der Waals surface area contributed by atoms with E-state index in [1.165, 1.54) is 5.56 Å². The number of hydrazone groups is 1. The Morgan fingerprint density at radius 1 is 1.03 bits per heavy atom. The van der Waals surface area contributed by atoms with Crippen LogP contribution in [0.25, 0.3) is 0 Å². The highest BCUT2D eigenvalue weighted by Crippen LogP contribution is 2.29. The van der Waals surface area contributed by atoms with E-state index in [9.17, 15) is 4.79 Å². The molecule has 1 N–H and O–H groups in total. The number of nitrogens with one attached hydrogen (secondary N) is 1. The minimum absolute atomic E-state index is 0.107. The first kappa shape index (κ1) is 23.5. The van der Waals surface area contributed by atoms with Gasteiger partial charge >= 0.3 is 0 Å². The Hall–Kier alpha value is -3.12. The van der Waals surface area contributed by atoms with Gasteiger partial charge in [-0.15, -0.1) is 0 Å². The van der Waals surface area contributed by atoms with Gasteiger partial charge in [0.2, 0.25) is 0 Å². The van der Waals surface area contributed by atoms with E-state index in [1.807, 2.05) is 42.5 Å². The van der Waals surface area contributed by atoms with E-state index in [1.54, 1.807) is 6.21 Å². The van der Waals surface area contributed by atoms with Gasteiger partial charge in [0.25, 0.3) is 5.91 Å². The molecule has 32 heavy (non-hydrogen) atoms. The summed E-state index contributed by atoms with van der Waals surface area (Å²) in [5.41, 5.74) is 6.73. The van der Waals surface area contributed by atoms with E-state index in [0.717, 1.165) is 26.9 Å². The summed E-state index contributed by atoms with van der Waals surface area (Å²) in [5.74, 6) is 1.43. The zero-order chi connectivity index (χ0) is 22.9. The zero-order valence-electron chi connectivity index (χ0n) is 18.5. The van der Waals surface area contributed by atoms with Gasteiger partial charge in [0, 0.05) is 4.47 Å². The molecule has 6 heteroatoms. The SMILES string of the molecule is Cc1ccc(COc2ccc(/C=N/NC(=O)COc3ccc(Br)cc3C(C)C)cc2)cc1. The lowest BCUT2D eigenvalue weighted by molar-refractivity contribution is -0.123. The highest BCUT2D eigenvalue weighted by Gasteiger charge is 2.10. The van der Waals surface area contributed by atoms with Gasteiger partial charge in [0.05, 0.1) is 6.21 Å². The molecule has 166 valence electrons. The molecule has 1 amide bonds. The van der Waals surface area contributed by atoms with Crippen LogP contribution in [-0.2, 0) is 11.4 Å². The zero-order valence-corrected chi connectivity index (χ0v) is 20.1. The number of amides is 1. The maximum Gasteiger partial charge on any atom is 0.277 e. The number of rotatable bonds is 9. The van der Waals surface area contributed by atoms with Crippen LogP contribution < -0.4 is 14.9 Å². The van der Waals surface area contributed by atoms with E-state index in [4.69, 9.17) is 9.47 Å². The first-order valence-electron chi connectivity index (χ1n) is 10.4. The Kier molecular flexibility index (Phi) is 8.45. The molecule has 0 bridgehead atoms. The first-order valence-corrected chi connectivity index (χ1v) is 11.2. The van der Waals surface area contributed by atoms with E-state index in [0.29, 0.717) is 12.4 Å². The van der Waals surface area contributed by atoms with Crippen LogP contribution in [0, 0.1) is 6.92 Å². The fraction of sp³-hybridized carbons (Fsp3) is 0.231. The van der Waals surface area contributed by atoms with Crippen molar-refractivity contribution in [3.63, 3.8) is 0 Å². The van der Waals surface area contributed by atoms with Gasteiger partial charge in [0.1, 0.15) is 18.1 Å². The third-order valence-electron chi connectivity index (χ3n) is 4.76. The third kappa shape index (κ3) is 7.24. The lowest BCUT2D eigenvalue weighted by Gasteiger charge is -2.13. The third-order valence-corrected chi connectivity index (χ3v) is 5.25. The van der Waals surface area contributed by atoms with Gasteiger partial charge in [0.15, 0.2) is 6.61 Å². The summed E-state index contributed by atoms with van der Waals surface area (Å²) in [6, 6.07) is 21.5. The van der Waals surface area contributed by atoms with Crippen molar-refractivity contribution in [1.82, 2.24) is 5.43 Å². The summed E-state index contributed by atoms with van der Waals surface area (Å²) in [6.45, 7) is 6.63. The van der Waals surface area contributed by atoms with Crippen molar-refractivity contribution >= 4 is 28.1 Å². The molecule has 0 saturated heterocycles. The smallest absolute Gasteiger partial charge is 0.277 e. The monoisotopic (exact) mass is 494 g/mol. The summed E-state index contributed by atoms with van der Waals surface area (Å²) < 4.78 is 12.5. The van der Waals surface area contributed by atoms with E-state index in [2.05, 4.69) is 71.5 Å². The topological polar surface area (TPSA) is 59.9 Å². The molecule has 3 rings (SSSR count). The second-order valence-electron chi connectivity index (χ2n) is 7.76. The fourth-order valence-corrected chi connectivity index (χ4v) is 3.34. The molecule has 0 unspecified atom stereocenters. The molecule has 3 aromatic rings. The molecule has 0 atom stereocenters. The number of nitrogens with zero attached hydrogens (tertiary/aromatic N) is 1. The Morgan fingerprint density at radius 2 is 1.75 bits per heavy atom. The highest BCUT2D eigenvalue weighted by molar-refractivity contribution is 9.10. The number of hydrogen-bond donors (Lipinski definition) is 1. The second-order valence-corrected chi connectivity index (χ2v) is 8.68. The van der Waals surface area contributed by atoms with E-state index >= 15 is 0 Å². The maximum absolute atomic E-state index is 12.1.